The normalized spacial score (nSPS) is 17.9. The maximum atomic E-state index is 5.47. The Hall–Kier alpha value is -1.10. The van der Waals surface area contributed by atoms with E-state index in [1.54, 1.807) is 0 Å². The first kappa shape index (κ1) is 13.3. The van der Waals surface area contributed by atoms with Crippen LogP contribution < -0.4 is 11.1 Å². The molecule has 1 heterocycles. The maximum absolute atomic E-state index is 5.47. The molecule has 4 nitrogen and oxygen atoms in total. The van der Waals surface area contributed by atoms with E-state index in [-0.39, 0.29) is 0 Å². The SMILES string of the molecule is CN1CCN(Cc2ccc(NCCN)cc2)CC1. The van der Waals surface area contributed by atoms with Gasteiger partial charge in [0.25, 0.3) is 0 Å². The Morgan fingerprint density at radius 1 is 1.11 bits per heavy atom. The molecule has 0 aliphatic carbocycles. The minimum atomic E-state index is 0.670. The van der Waals surface area contributed by atoms with Crippen LogP contribution in [-0.2, 0) is 6.54 Å². The highest BCUT2D eigenvalue weighted by Crippen LogP contribution is 2.12. The van der Waals surface area contributed by atoms with Gasteiger partial charge in [0, 0.05) is 51.5 Å². The van der Waals surface area contributed by atoms with Gasteiger partial charge in [-0.2, -0.15) is 0 Å². The molecule has 1 aliphatic heterocycles. The van der Waals surface area contributed by atoms with Gasteiger partial charge in [-0.25, -0.2) is 0 Å². The number of likely N-dealkylation sites (N-methyl/N-ethyl adjacent to an activating group) is 1. The zero-order valence-corrected chi connectivity index (χ0v) is 11.2. The Bertz CT molecular complexity index is 341. The molecular weight excluding hydrogens is 224 g/mol. The molecule has 0 bridgehead atoms. The van der Waals surface area contributed by atoms with Gasteiger partial charge in [-0.3, -0.25) is 4.90 Å². The van der Waals surface area contributed by atoms with Crippen LogP contribution in [0.1, 0.15) is 5.56 Å². The van der Waals surface area contributed by atoms with Gasteiger partial charge in [0.1, 0.15) is 0 Å². The molecule has 0 unspecified atom stereocenters. The molecule has 4 heteroatoms. The van der Waals surface area contributed by atoms with Crippen molar-refractivity contribution in [2.45, 2.75) is 6.54 Å². The molecule has 0 spiro atoms. The number of benzene rings is 1. The second-order valence-electron chi connectivity index (χ2n) is 4.99. The molecule has 2 rings (SSSR count). The third kappa shape index (κ3) is 3.98. The van der Waals surface area contributed by atoms with Crippen LogP contribution in [0.2, 0.25) is 0 Å². The summed E-state index contributed by atoms with van der Waals surface area (Å²) in [6.07, 6.45) is 0. The van der Waals surface area contributed by atoms with E-state index in [1.807, 2.05) is 0 Å². The third-order valence-electron chi connectivity index (χ3n) is 3.43. The lowest BCUT2D eigenvalue weighted by molar-refractivity contribution is 0.148. The monoisotopic (exact) mass is 248 g/mol. The summed E-state index contributed by atoms with van der Waals surface area (Å²) in [7, 11) is 2.19. The quantitative estimate of drug-likeness (QED) is 0.809. The van der Waals surface area contributed by atoms with Crippen molar-refractivity contribution in [3.63, 3.8) is 0 Å². The highest BCUT2D eigenvalue weighted by Gasteiger charge is 2.13. The van der Waals surface area contributed by atoms with E-state index in [1.165, 1.54) is 31.7 Å². The predicted octanol–water partition coefficient (Wildman–Crippen LogP) is 0.805. The summed E-state index contributed by atoms with van der Waals surface area (Å²) in [5.74, 6) is 0. The van der Waals surface area contributed by atoms with E-state index in [4.69, 9.17) is 5.73 Å². The summed E-state index contributed by atoms with van der Waals surface area (Å²) >= 11 is 0. The van der Waals surface area contributed by atoms with Gasteiger partial charge in [-0.15, -0.1) is 0 Å². The first-order valence-corrected chi connectivity index (χ1v) is 6.72. The smallest absolute Gasteiger partial charge is 0.0340 e. The minimum Gasteiger partial charge on any atom is -0.384 e. The number of nitrogens with two attached hydrogens (primary N) is 1. The molecule has 1 fully saturated rings. The molecule has 18 heavy (non-hydrogen) atoms. The Kier molecular flexibility index (Phi) is 4.99. The van der Waals surface area contributed by atoms with Gasteiger partial charge in [0.05, 0.1) is 0 Å². The van der Waals surface area contributed by atoms with Crippen molar-refractivity contribution in [3.05, 3.63) is 29.8 Å². The lowest BCUT2D eigenvalue weighted by Gasteiger charge is -2.32. The first-order valence-electron chi connectivity index (χ1n) is 6.72. The van der Waals surface area contributed by atoms with Crippen LogP contribution >= 0.6 is 0 Å². The van der Waals surface area contributed by atoms with Crippen LogP contribution in [0.25, 0.3) is 0 Å². The predicted molar refractivity (Wildman–Crippen MR) is 76.8 cm³/mol. The van der Waals surface area contributed by atoms with Crippen molar-refractivity contribution in [1.29, 1.82) is 0 Å². The summed E-state index contributed by atoms with van der Waals surface area (Å²) in [5.41, 5.74) is 8.01. The fourth-order valence-electron chi connectivity index (χ4n) is 2.21. The van der Waals surface area contributed by atoms with Gasteiger partial charge in [0.15, 0.2) is 0 Å². The molecule has 3 N–H and O–H groups in total. The van der Waals surface area contributed by atoms with E-state index in [9.17, 15) is 0 Å². The molecule has 1 saturated heterocycles. The van der Waals surface area contributed by atoms with Crippen molar-refractivity contribution in [3.8, 4) is 0 Å². The van der Waals surface area contributed by atoms with Crippen molar-refractivity contribution >= 4 is 5.69 Å². The van der Waals surface area contributed by atoms with Crippen molar-refractivity contribution in [2.75, 3.05) is 51.6 Å². The topological polar surface area (TPSA) is 44.5 Å². The average molecular weight is 248 g/mol. The number of rotatable bonds is 5. The van der Waals surface area contributed by atoms with Gasteiger partial charge in [-0.1, -0.05) is 12.1 Å². The lowest BCUT2D eigenvalue weighted by Crippen LogP contribution is -2.43. The van der Waals surface area contributed by atoms with Crippen LogP contribution in [-0.4, -0.2) is 56.1 Å². The van der Waals surface area contributed by atoms with Gasteiger partial charge >= 0.3 is 0 Å². The molecule has 1 aliphatic rings. The average Bonchev–Trinajstić information content (AvgIpc) is 2.41. The highest BCUT2D eigenvalue weighted by atomic mass is 15.2. The summed E-state index contributed by atoms with van der Waals surface area (Å²) in [6.45, 7) is 7.26. The molecule has 1 aromatic rings. The minimum absolute atomic E-state index is 0.670. The maximum Gasteiger partial charge on any atom is 0.0340 e. The number of nitrogens with one attached hydrogen (secondary N) is 1. The van der Waals surface area contributed by atoms with E-state index in [0.29, 0.717) is 6.54 Å². The highest BCUT2D eigenvalue weighted by molar-refractivity contribution is 5.44. The largest absolute Gasteiger partial charge is 0.384 e. The Balaban J connectivity index is 1.82. The van der Waals surface area contributed by atoms with Crippen LogP contribution in [0.3, 0.4) is 0 Å². The van der Waals surface area contributed by atoms with Gasteiger partial charge in [-0.05, 0) is 24.7 Å². The zero-order valence-electron chi connectivity index (χ0n) is 11.2. The van der Waals surface area contributed by atoms with E-state index in [0.717, 1.165) is 18.8 Å². The van der Waals surface area contributed by atoms with Crippen LogP contribution in [0.4, 0.5) is 5.69 Å². The van der Waals surface area contributed by atoms with Crippen LogP contribution in [0.15, 0.2) is 24.3 Å². The Labute approximate surface area is 110 Å². The molecule has 0 atom stereocenters. The number of nitrogens with zero attached hydrogens (tertiary/aromatic N) is 2. The van der Waals surface area contributed by atoms with Crippen LogP contribution in [0.5, 0.6) is 0 Å². The molecule has 0 saturated carbocycles. The van der Waals surface area contributed by atoms with Gasteiger partial charge in [0.2, 0.25) is 0 Å². The number of hydrogen-bond acceptors (Lipinski definition) is 4. The lowest BCUT2D eigenvalue weighted by atomic mass is 10.2. The second kappa shape index (κ2) is 6.73. The molecule has 0 aromatic heterocycles. The van der Waals surface area contributed by atoms with Crippen LogP contribution in [0, 0.1) is 0 Å². The molecular formula is C14H24N4. The van der Waals surface area contributed by atoms with Crippen molar-refractivity contribution < 1.29 is 0 Å². The van der Waals surface area contributed by atoms with E-state index < -0.39 is 0 Å². The second-order valence-corrected chi connectivity index (χ2v) is 4.99. The molecule has 1 aromatic carbocycles. The van der Waals surface area contributed by atoms with Crippen molar-refractivity contribution in [1.82, 2.24) is 9.80 Å². The fourth-order valence-corrected chi connectivity index (χ4v) is 2.21. The van der Waals surface area contributed by atoms with E-state index >= 15 is 0 Å². The summed E-state index contributed by atoms with van der Waals surface area (Å²) < 4.78 is 0. The molecule has 100 valence electrons. The Morgan fingerprint density at radius 3 is 2.39 bits per heavy atom. The van der Waals surface area contributed by atoms with Crippen molar-refractivity contribution in [2.24, 2.45) is 5.73 Å². The van der Waals surface area contributed by atoms with Gasteiger partial charge < -0.3 is 16.0 Å². The summed E-state index contributed by atoms with van der Waals surface area (Å²) in [6, 6.07) is 8.69. The first-order chi connectivity index (χ1) is 8.78. The zero-order chi connectivity index (χ0) is 12.8. The number of hydrogen-bond donors (Lipinski definition) is 2. The number of piperazine rings is 1. The fraction of sp³-hybridized carbons (Fsp3) is 0.571. The Morgan fingerprint density at radius 2 is 1.78 bits per heavy atom. The standard InChI is InChI=1S/C14H24N4/c1-17-8-10-18(11-9-17)12-13-2-4-14(5-3-13)16-7-6-15/h2-5,16H,6-12,15H2,1H3. The summed E-state index contributed by atoms with van der Waals surface area (Å²) in [5, 5.41) is 3.29. The third-order valence-corrected chi connectivity index (χ3v) is 3.43. The molecule has 0 amide bonds. The van der Waals surface area contributed by atoms with E-state index in [2.05, 4.69) is 46.4 Å². The number of anilines is 1. The molecule has 0 radical (unpaired) electrons. The summed E-state index contributed by atoms with van der Waals surface area (Å²) in [4.78, 5) is 4.90.